The zero-order chi connectivity index (χ0) is 17.3. The molecule has 0 saturated carbocycles. The zero-order valence-corrected chi connectivity index (χ0v) is 13.7. The lowest BCUT2D eigenvalue weighted by atomic mass is 10.2. The van der Waals surface area contributed by atoms with Crippen LogP contribution in [-0.4, -0.2) is 29.8 Å². The van der Waals surface area contributed by atoms with E-state index in [-0.39, 0.29) is 18.1 Å². The van der Waals surface area contributed by atoms with Gasteiger partial charge in [-0.05, 0) is 38.1 Å². The molecule has 0 aliphatic carbocycles. The molecule has 124 valence electrons. The molecule has 1 aromatic carbocycles. The number of carbonyl (C=O) groups is 1. The largest absolute Gasteiger partial charge is 0.345 e. The molecule has 3 aromatic rings. The van der Waals surface area contributed by atoms with E-state index in [0.29, 0.717) is 5.69 Å². The molecule has 2 aromatic heterocycles. The number of anilines is 1. The first-order valence-corrected chi connectivity index (χ1v) is 7.45. The fraction of sp³-hybridized carbons (Fsp3) is 0.250. The molecule has 8 nitrogen and oxygen atoms in total. The van der Waals surface area contributed by atoms with Crippen molar-refractivity contribution in [3.05, 3.63) is 58.8 Å². The van der Waals surface area contributed by atoms with Crippen molar-refractivity contribution in [3.63, 3.8) is 0 Å². The molecule has 1 N–H and O–H groups in total. The van der Waals surface area contributed by atoms with Crippen molar-refractivity contribution < 1.29 is 4.79 Å². The summed E-state index contributed by atoms with van der Waals surface area (Å²) in [5.41, 5.74) is 3.34. The fourth-order valence-corrected chi connectivity index (χ4v) is 2.33. The number of hydrogen-bond acceptors (Lipinski definition) is 4. The van der Waals surface area contributed by atoms with Gasteiger partial charge in [-0.25, -0.2) is 14.5 Å². The molecular formula is C16H18N6O2. The van der Waals surface area contributed by atoms with Crippen LogP contribution in [-0.2, 0) is 18.4 Å². The molecule has 0 unspecified atom stereocenters. The van der Waals surface area contributed by atoms with Gasteiger partial charge in [0.2, 0.25) is 5.91 Å². The number of carbonyl (C=O) groups excluding carboxylic acids is 1. The lowest BCUT2D eigenvalue weighted by Crippen LogP contribution is -2.29. The number of rotatable bonds is 4. The summed E-state index contributed by atoms with van der Waals surface area (Å²) < 4.78 is 4.41. The number of nitrogens with one attached hydrogen (secondary N) is 1. The Labute approximate surface area is 138 Å². The Bertz CT molecular complexity index is 932. The monoisotopic (exact) mass is 326 g/mol. The molecule has 0 bridgehead atoms. The maximum atomic E-state index is 12.0. The van der Waals surface area contributed by atoms with Gasteiger partial charge in [0.25, 0.3) is 0 Å². The van der Waals surface area contributed by atoms with E-state index in [1.807, 2.05) is 42.7 Å². The molecule has 0 atom stereocenters. The van der Waals surface area contributed by atoms with Crippen molar-refractivity contribution in [2.24, 2.45) is 7.05 Å². The Kier molecular flexibility index (Phi) is 4.03. The van der Waals surface area contributed by atoms with Gasteiger partial charge in [0.1, 0.15) is 12.9 Å². The van der Waals surface area contributed by atoms with E-state index in [1.165, 1.54) is 10.9 Å². The van der Waals surface area contributed by atoms with E-state index < -0.39 is 0 Å². The predicted molar refractivity (Wildman–Crippen MR) is 89.1 cm³/mol. The Morgan fingerprint density at radius 2 is 1.88 bits per heavy atom. The molecule has 1 amide bonds. The minimum Gasteiger partial charge on any atom is -0.324 e. The highest BCUT2D eigenvalue weighted by molar-refractivity contribution is 5.90. The molecule has 3 rings (SSSR count). The zero-order valence-electron chi connectivity index (χ0n) is 13.7. The van der Waals surface area contributed by atoms with Gasteiger partial charge < -0.3 is 9.88 Å². The minimum absolute atomic E-state index is 0.124. The maximum Gasteiger partial charge on any atom is 0.345 e. The molecule has 0 aliphatic heterocycles. The van der Waals surface area contributed by atoms with Crippen LogP contribution in [0.2, 0.25) is 0 Å². The van der Waals surface area contributed by atoms with E-state index in [0.717, 1.165) is 21.8 Å². The number of amides is 1. The smallest absolute Gasteiger partial charge is 0.324 e. The fourth-order valence-electron chi connectivity index (χ4n) is 2.33. The topological polar surface area (TPSA) is 86.7 Å². The van der Waals surface area contributed by atoms with Crippen molar-refractivity contribution in [3.8, 4) is 5.69 Å². The van der Waals surface area contributed by atoms with E-state index in [4.69, 9.17) is 0 Å². The normalized spacial score (nSPS) is 10.8. The second-order valence-corrected chi connectivity index (χ2v) is 5.56. The molecule has 24 heavy (non-hydrogen) atoms. The molecule has 0 radical (unpaired) electrons. The van der Waals surface area contributed by atoms with Crippen molar-refractivity contribution in [1.29, 1.82) is 0 Å². The summed E-state index contributed by atoms with van der Waals surface area (Å²) in [6, 6.07) is 7.42. The number of nitrogens with zero attached hydrogens (tertiary/aromatic N) is 5. The summed E-state index contributed by atoms with van der Waals surface area (Å²) in [7, 11) is 1.59. The van der Waals surface area contributed by atoms with Crippen LogP contribution < -0.4 is 11.0 Å². The Balaban J connectivity index is 1.70. The van der Waals surface area contributed by atoms with Crippen LogP contribution in [0, 0.1) is 13.8 Å². The summed E-state index contributed by atoms with van der Waals surface area (Å²) in [5, 5.41) is 6.61. The number of hydrogen-bond donors (Lipinski definition) is 1. The summed E-state index contributed by atoms with van der Waals surface area (Å²) >= 11 is 0. The molecule has 0 spiro atoms. The van der Waals surface area contributed by atoms with E-state index in [9.17, 15) is 9.59 Å². The number of aromatic nitrogens is 5. The van der Waals surface area contributed by atoms with Gasteiger partial charge in [-0.3, -0.25) is 9.36 Å². The minimum atomic E-state index is -0.327. The van der Waals surface area contributed by atoms with Crippen LogP contribution in [0.4, 0.5) is 5.69 Å². The van der Waals surface area contributed by atoms with Crippen molar-refractivity contribution in [2.45, 2.75) is 20.4 Å². The van der Waals surface area contributed by atoms with Crippen LogP contribution in [0.1, 0.15) is 11.4 Å². The lowest BCUT2D eigenvalue weighted by Gasteiger charge is -2.08. The SMILES string of the molecule is Cc1ncn(-c2ccc(NC(=O)Cn3ncn(C)c3=O)cc2)c1C. The maximum absolute atomic E-state index is 12.0. The summed E-state index contributed by atoms with van der Waals surface area (Å²) in [4.78, 5) is 28.0. The van der Waals surface area contributed by atoms with Gasteiger partial charge >= 0.3 is 5.69 Å². The highest BCUT2D eigenvalue weighted by Crippen LogP contribution is 2.16. The Morgan fingerprint density at radius 3 is 2.42 bits per heavy atom. The highest BCUT2D eigenvalue weighted by Gasteiger charge is 2.09. The highest BCUT2D eigenvalue weighted by atomic mass is 16.2. The van der Waals surface area contributed by atoms with E-state index in [2.05, 4.69) is 15.4 Å². The third-order valence-electron chi connectivity index (χ3n) is 3.86. The van der Waals surface area contributed by atoms with E-state index >= 15 is 0 Å². The average molecular weight is 326 g/mol. The second kappa shape index (κ2) is 6.15. The molecule has 8 heteroatoms. The van der Waals surface area contributed by atoms with Gasteiger partial charge in [-0.1, -0.05) is 0 Å². The van der Waals surface area contributed by atoms with Crippen LogP contribution in [0.5, 0.6) is 0 Å². The number of imidazole rings is 1. The Hall–Kier alpha value is -3.16. The first-order chi connectivity index (χ1) is 11.5. The molecule has 0 fully saturated rings. The summed E-state index contributed by atoms with van der Waals surface area (Å²) in [6.45, 7) is 3.84. The van der Waals surface area contributed by atoms with Crippen LogP contribution in [0.25, 0.3) is 5.69 Å². The van der Waals surface area contributed by atoms with Gasteiger partial charge in [-0.15, -0.1) is 0 Å². The number of benzene rings is 1. The van der Waals surface area contributed by atoms with Crippen LogP contribution in [0.3, 0.4) is 0 Å². The molecule has 0 aliphatic rings. The van der Waals surface area contributed by atoms with Gasteiger partial charge in [-0.2, -0.15) is 5.10 Å². The van der Waals surface area contributed by atoms with Crippen molar-refractivity contribution >= 4 is 11.6 Å². The Morgan fingerprint density at radius 1 is 1.17 bits per heavy atom. The molecule has 2 heterocycles. The van der Waals surface area contributed by atoms with Gasteiger partial charge in [0, 0.05) is 24.1 Å². The van der Waals surface area contributed by atoms with Crippen molar-refractivity contribution in [1.82, 2.24) is 23.9 Å². The van der Waals surface area contributed by atoms with Crippen LogP contribution in [0.15, 0.2) is 41.7 Å². The van der Waals surface area contributed by atoms with Crippen LogP contribution >= 0.6 is 0 Å². The standard InChI is InChI=1S/C16H18N6O2/c1-11-12(2)21(9-17-11)14-6-4-13(5-7-14)19-15(23)8-22-16(24)20(3)10-18-22/h4-7,9-10H,8H2,1-3H3,(H,19,23). The third-order valence-corrected chi connectivity index (χ3v) is 3.86. The third kappa shape index (κ3) is 2.98. The summed E-state index contributed by atoms with van der Waals surface area (Å²) in [5.74, 6) is -0.307. The average Bonchev–Trinajstić information content (AvgIpc) is 3.05. The predicted octanol–water partition coefficient (Wildman–Crippen LogP) is 1.02. The lowest BCUT2D eigenvalue weighted by molar-refractivity contribution is -0.117. The summed E-state index contributed by atoms with van der Waals surface area (Å²) in [6.07, 6.45) is 3.14. The first kappa shape index (κ1) is 15.7. The molecule has 0 saturated heterocycles. The quantitative estimate of drug-likeness (QED) is 0.775. The molecular weight excluding hydrogens is 308 g/mol. The van der Waals surface area contributed by atoms with Gasteiger partial charge in [0.05, 0.1) is 12.0 Å². The van der Waals surface area contributed by atoms with Gasteiger partial charge in [0.15, 0.2) is 0 Å². The van der Waals surface area contributed by atoms with Crippen molar-refractivity contribution in [2.75, 3.05) is 5.32 Å². The first-order valence-electron chi connectivity index (χ1n) is 7.45. The van der Waals surface area contributed by atoms with E-state index in [1.54, 1.807) is 13.4 Å². The second-order valence-electron chi connectivity index (χ2n) is 5.56. The number of aryl methyl sites for hydroxylation is 2.